The van der Waals surface area contributed by atoms with Crippen molar-refractivity contribution in [2.45, 2.75) is 13.5 Å². The third-order valence-corrected chi connectivity index (χ3v) is 2.53. The number of hydrogen-bond donors (Lipinski definition) is 5. The number of carbonyl (C=O) groups is 3. The fourth-order valence-electron chi connectivity index (χ4n) is 1.45. The lowest BCUT2D eigenvalue weighted by Gasteiger charge is -2.03. The van der Waals surface area contributed by atoms with Crippen molar-refractivity contribution in [2.24, 2.45) is 0 Å². The molecule has 0 spiro atoms. The number of carbonyl (C=O) groups excluding carboxylic acids is 3. The highest BCUT2D eigenvalue weighted by molar-refractivity contribution is 5.94. The van der Waals surface area contributed by atoms with E-state index in [1.54, 1.807) is 0 Å². The average Bonchev–Trinajstić information content (AvgIpc) is 2.92. The Labute approximate surface area is 122 Å². The van der Waals surface area contributed by atoms with Gasteiger partial charge in [-0.2, -0.15) is 0 Å². The van der Waals surface area contributed by atoms with E-state index in [9.17, 15) is 14.4 Å². The summed E-state index contributed by atoms with van der Waals surface area (Å²) in [7, 11) is 1.50. The van der Waals surface area contributed by atoms with Crippen LogP contribution >= 0.6 is 0 Å². The third-order valence-electron chi connectivity index (χ3n) is 2.53. The number of imidazole rings is 1. The first-order valence-corrected chi connectivity index (χ1v) is 6.50. The van der Waals surface area contributed by atoms with Gasteiger partial charge in [-0.3, -0.25) is 14.4 Å². The number of H-pyrrole nitrogens is 1. The van der Waals surface area contributed by atoms with Gasteiger partial charge in [0.1, 0.15) is 11.5 Å². The van der Waals surface area contributed by atoms with E-state index >= 15 is 0 Å². The maximum Gasteiger partial charge on any atom is 0.269 e. The smallest absolute Gasteiger partial charge is 0.269 e. The quantitative estimate of drug-likeness (QED) is 0.358. The summed E-state index contributed by atoms with van der Waals surface area (Å²) in [5.74, 6) is -0.147. The Kier molecular flexibility index (Phi) is 6.88. The number of nitrogens with zero attached hydrogens (tertiary/aromatic N) is 1. The van der Waals surface area contributed by atoms with E-state index in [-0.39, 0.29) is 24.1 Å². The van der Waals surface area contributed by atoms with E-state index in [0.29, 0.717) is 25.5 Å². The van der Waals surface area contributed by atoms with Crippen molar-refractivity contribution in [3.05, 3.63) is 17.7 Å². The Morgan fingerprint density at radius 2 is 2.00 bits per heavy atom. The molecule has 3 amide bonds. The third kappa shape index (κ3) is 6.52. The average molecular weight is 296 g/mol. The number of nitrogens with one attached hydrogen (secondary N) is 5. The minimum atomic E-state index is -0.393. The van der Waals surface area contributed by atoms with E-state index in [1.807, 2.05) is 0 Å². The molecule has 5 N–H and O–H groups in total. The molecule has 0 fully saturated rings. The zero-order chi connectivity index (χ0) is 15.7. The van der Waals surface area contributed by atoms with Crippen LogP contribution in [-0.4, -0.2) is 54.4 Å². The summed E-state index contributed by atoms with van der Waals surface area (Å²) in [6, 6.07) is 0. The lowest BCUT2D eigenvalue weighted by molar-refractivity contribution is -0.120. The van der Waals surface area contributed by atoms with E-state index in [0.717, 1.165) is 0 Å². The lowest BCUT2D eigenvalue weighted by Crippen LogP contribution is -2.35. The Hall–Kier alpha value is -2.42. The first-order chi connectivity index (χ1) is 10.0. The molecule has 0 aliphatic carbocycles. The van der Waals surface area contributed by atoms with Crippen molar-refractivity contribution >= 4 is 17.7 Å². The van der Waals surface area contributed by atoms with Gasteiger partial charge >= 0.3 is 0 Å². The minimum Gasteiger partial charge on any atom is -0.358 e. The van der Waals surface area contributed by atoms with Gasteiger partial charge in [-0.1, -0.05) is 0 Å². The molecule has 9 heteroatoms. The van der Waals surface area contributed by atoms with Gasteiger partial charge in [0.05, 0.1) is 19.3 Å². The molecule has 0 aliphatic rings. The molecule has 0 atom stereocenters. The van der Waals surface area contributed by atoms with Crippen LogP contribution in [0.5, 0.6) is 0 Å². The first kappa shape index (κ1) is 16.6. The van der Waals surface area contributed by atoms with Crippen molar-refractivity contribution in [3.8, 4) is 0 Å². The minimum absolute atomic E-state index is 0.0788. The van der Waals surface area contributed by atoms with Crippen LogP contribution < -0.4 is 21.3 Å². The lowest BCUT2D eigenvalue weighted by atomic mass is 10.4. The molecule has 9 nitrogen and oxygen atoms in total. The Balaban J connectivity index is 2.30. The second kappa shape index (κ2) is 8.69. The number of rotatable bonds is 8. The molecule has 1 aromatic heterocycles. The van der Waals surface area contributed by atoms with Crippen LogP contribution in [0.4, 0.5) is 0 Å². The number of likely N-dealkylation sites (N-methyl/N-ethyl adjacent to an activating group) is 1. The van der Waals surface area contributed by atoms with Crippen molar-refractivity contribution in [1.29, 1.82) is 0 Å². The molecular formula is C12H20N6O3. The van der Waals surface area contributed by atoms with Gasteiger partial charge in [-0.15, -0.1) is 0 Å². The van der Waals surface area contributed by atoms with Gasteiger partial charge in [-0.25, -0.2) is 4.98 Å². The van der Waals surface area contributed by atoms with Crippen LogP contribution in [-0.2, 0) is 16.1 Å². The largest absolute Gasteiger partial charge is 0.358 e. The molecule has 0 aliphatic heterocycles. The predicted molar refractivity (Wildman–Crippen MR) is 75.4 cm³/mol. The molecule has 0 bridgehead atoms. The summed E-state index contributed by atoms with van der Waals surface area (Å²) in [4.78, 5) is 40.3. The van der Waals surface area contributed by atoms with Crippen LogP contribution in [0.2, 0.25) is 0 Å². The van der Waals surface area contributed by atoms with E-state index < -0.39 is 5.91 Å². The Morgan fingerprint density at radius 3 is 2.67 bits per heavy atom. The molecular weight excluding hydrogens is 276 g/mol. The molecule has 1 aromatic rings. The number of aromatic amines is 1. The normalized spacial score (nSPS) is 10.0. The number of amides is 3. The molecule has 1 rings (SSSR count). The summed E-state index contributed by atoms with van der Waals surface area (Å²) < 4.78 is 0. The van der Waals surface area contributed by atoms with Crippen LogP contribution in [0.1, 0.15) is 23.2 Å². The molecule has 0 aromatic carbocycles. The van der Waals surface area contributed by atoms with E-state index in [2.05, 4.69) is 31.2 Å². The standard InChI is InChI=1S/C12H20N6O3/c1-8(19)15-4-3-14-6-10-16-5-9(18-10)12(21)17-7-11(20)13-2/h5,14H,3-4,6-7H2,1-2H3,(H,13,20)(H,15,19)(H,16,18)(H,17,21). The van der Waals surface area contributed by atoms with E-state index in [1.165, 1.54) is 20.2 Å². The topological polar surface area (TPSA) is 128 Å². The van der Waals surface area contributed by atoms with Crippen molar-refractivity contribution in [2.75, 3.05) is 26.7 Å². The summed E-state index contributed by atoms with van der Waals surface area (Å²) >= 11 is 0. The summed E-state index contributed by atoms with van der Waals surface area (Å²) in [6.07, 6.45) is 1.41. The summed E-state index contributed by atoms with van der Waals surface area (Å²) in [6.45, 7) is 2.94. The van der Waals surface area contributed by atoms with Crippen molar-refractivity contribution in [3.63, 3.8) is 0 Å². The predicted octanol–water partition coefficient (Wildman–Crippen LogP) is -1.89. The molecule has 0 saturated heterocycles. The van der Waals surface area contributed by atoms with Crippen LogP contribution in [0.3, 0.4) is 0 Å². The monoisotopic (exact) mass is 296 g/mol. The van der Waals surface area contributed by atoms with Gasteiger partial charge < -0.3 is 26.3 Å². The van der Waals surface area contributed by atoms with Crippen molar-refractivity contribution < 1.29 is 14.4 Å². The van der Waals surface area contributed by atoms with Gasteiger partial charge in [0.2, 0.25) is 11.8 Å². The molecule has 0 radical (unpaired) electrons. The Bertz CT molecular complexity index is 499. The van der Waals surface area contributed by atoms with E-state index in [4.69, 9.17) is 0 Å². The summed E-state index contributed by atoms with van der Waals surface area (Å²) in [5, 5.41) is 10.6. The molecule has 0 unspecified atom stereocenters. The van der Waals surface area contributed by atoms with Gasteiger partial charge in [0, 0.05) is 27.1 Å². The fourth-order valence-corrected chi connectivity index (χ4v) is 1.45. The van der Waals surface area contributed by atoms with Gasteiger partial charge in [0.25, 0.3) is 5.91 Å². The number of aromatic nitrogens is 2. The second-order valence-electron chi connectivity index (χ2n) is 4.26. The molecule has 0 saturated carbocycles. The second-order valence-corrected chi connectivity index (χ2v) is 4.26. The van der Waals surface area contributed by atoms with Crippen molar-refractivity contribution in [1.82, 2.24) is 31.2 Å². The van der Waals surface area contributed by atoms with Gasteiger partial charge in [0.15, 0.2) is 0 Å². The number of hydrogen-bond acceptors (Lipinski definition) is 5. The Morgan fingerprint density at radius 1 is 1.24 bits per heavy atom. The first-order valence-electron chi connectivity index (χ1n) is 6.50. The molecule has 1 heterocycles. The summed E-state index contributed by atoms with van der Waals surface area (Å²) in [5.41, 5.74) is 0.289. The highest BCUT2D eigenvalue weighted by Crippen LogP contribution is 1.96. The maximum absolute atomic E-state index is 11.7. The molecule has 21 heavy (non-hydrogen) atoms. The molecule has 116 valence electrons. The van der Waals surface area contributed by atoms with Crippen LogP contribution in [0.15, 0.2) is 6.20 Å². The highest BCUT2D eigenvalue weighted by Gasteiger charge is 2.10. The van der Waals surface area contributed by atoms with Crippen LogP contribution in [0, 0.1) is 0 Å². The fraction of sp³-hybridized carbons (Fsp3) is 0.500. The van der Waals surface area contributed by atoms with Gasteiger partial charge in [-0.05, 0) is 0 Å². The zero-order valence-electron chi connectivity index (χ0n) is 12.1. The SMILES string of the molecule is CNC(=O)CNC(=O)c1cnc(CNCCNC(C)=O)[nH]1. The highest BCUT2D eigenvalue weighted by atomic mass is 16.2. The van der Waals surface area contributed by atoms with Crippen LogP contribution in [0.25, 0.3) is 0 Å². The maximum atomic E-state index is 11.7. The zero-order valence-corrected chi connectivity index (χ0v) is 12.1.